The van der Waals surface area contributed by atoms with Gasteiger partial charge in [0.2, 0.25) is 0 Å². The monoisotopic (exact) mass is 1610 g/mol. The second-order valence-electron chi connectivity index (χ2n) is 32.2. The summed E-state index contributed by atoms with van der Waals surface area (Å²) in [4.78, 5) is 21.3. The van der Waals surface area contributed by atoms with E-state index in [4.69, 9.17) is 46.4 Å². The van der Waals surface area contributed by atoms with Gasteiger partial charge in [0.05, 0.1) is 22.8 Å². The van der Waals surface area contributed by atoms with Crippen molar-refractivity contribution in [2.24, 2.45) is 0 Å². The van der Waals surface area contributed by atoms with Gasteiger partial charge in [-0.1, -0.05) is 291 Å². The van der Waals surface area contributed by atoms with Gasteiger partial charge in [-0.25, -0.2) is 19.9 Å². The van der Waals surface area contributed by atoms with Crippen LogP contribution < -0.4 is 0 Å². The second-order valence-corrected chi connectivity index (χ2v) is 32.2. The Kier molecular flexibility index (Phi) is 16.7. The number of fused-ring (bicyclic) bond motifs is 18. The molecule has 18 aromatic carbocycles. The minimum atomic E-state index is 0.610. The van der Waals surface area contributed by atoms with Crippen LogP contribution in [0.4, 0.5) is 0 Å². The highest BCUT2D eigenvalue weighted by Gasteiger charge is 2.24. The van der Waals surface area contributed by atoms with Crippen molar-refractivity contribution in [3.8, 4) is 135 Å². The van der Waals surface area contributed by atoms with E-state index in [1.807, 2.05) is 97.1 Å². The van der Waals surface area contributed by atoms with Crippen LogP contribution in [0.25, 0.3) is 266 Å². The molecule has 0 aliphatic carbocycles. The van der Waals surface area contributed by atoms with Crippen molar-refractivity contribution in [3.05, 3.63) is 413 Å². The van der Waals surface area contributed by atoms with Gasteiger partial charge in [-0.3, -0.25) is 0 Å². The fourth-order valence-corrected chi connectivity index (χ4v) is 18.4. The van der Waals surface area contributed by atoms with Gasteiger partial charge in [0.15, 0.2) is 11.6 Å². The van der Waals surface area contributed by atoms with Crippen LogP contribution in [0.5, 0.6) is 0 Å². The molecule has 8 aromatic heterocycles. The zero-order valence-electron chi connectivity index (χ0n) is 67.5. The fourth-order valence-electron chi connectivity index (χ4n) is 18.4. The van der Waals surface area contributed by atoms with Crippen molar-refractivity contribution < 1.29 is 26.5 Å². The van der Waals surface area contributed by atoms with Crippen LogP contribution in [0.15, 0.2) is 439 Å². The Morgan fingerprint density at radius 1 is 0.127 bits per heavy atom. The van der Waals surface area contributed by atoms with E-state index in [9.17, 15) is 0 Å². The predicted molar refractivity (Wildman–Crippen MR) is 513 cm³/mol. The number of nitrogens with zero attached hydrogens (tertiary/aromatic N) is 4. The van der Waals surface area contributed by atoms with Crippen molar-refractivity contribution in [1.82, 2.24) is 19.9 Å². The van der Waals surface area contributed by atoms with Crippen LogP contribution in [0.3, 0.4) is 0 Å². The molecular formula is C116H68N4O6. The quantitative estimate of drug-likeness (QED) is 0.117. The van der Waals surface area contributed by atoms with Crippen molar-refractivity contribution >= 4 is 132 Å². The largest absolute Gasteiger partial charge is 0.456 e. The number of furan rings is 6. The van der Waals surface area contributed by atoms with Crippen molar-refractivity contribution in [2.75, 3.05) is 0 Å². The van der Waals surface area contributed by atoms with Gasteiger partial charge >= 0.3 is 0 Å². The summed E-state index contributed by atoms with van der Waals surface area (Å²) >= 11 is 0. The lowest BCUT2D eigenvalue weighted by molar-refractivity contribution is 0.668. The smallest absolute Gasteiger partial charge is 0.160 e. The van der Waals surface area contributed by atoms with Crippen LogP contribution in [-0.2, 0) is 0 Å². The molecule has 10 nitrogen and oxygen atoms in total. The Morgan fingerprint density at radius 2 is 0.365 bits per heavy atom. The van der Waals surface area contributed by atoms with Crippen LogP contribution in [0.1, 0.15) is 0 Å². The van der Waals surface area contributed by atoms with Crippen LogP contribution >= 0.6 is 0 Å². The Hall–Kier alpha value is -17.1. The summed E-state index contributed by atoms with van der Waals surface area (Å²) in [6, 6.07) is 143. The molecule has 10 heteroatoms. The summed E-state index contributed by atoms with van der Waals surface area (Å²) in [5.74, 6) is 1.25. The fraction of sp³-hybridized carbons (Fsp3) is 0. The zero-order chi connectivity index (χ0) is 82.9. The van der Waals surface area contributed by atoms with Crippen molar-refractivity contribution in [1.29, 1.82) is 0 Å². The van der Waals surface area contributed by atoms with Crippen LogP contribution in [0.2, 0.25) is 0 Å². The summed E-state index contributed by atoms with van der Waals surface area (Å²) in [6.07, 6.45) is 0. The maximum absolute atomic E-state index is 6.62. The van der Waals surface area contributed by atoms with Gasteiger partial charge in [-0.15, -0.1) is 0 Å². The molecule has 0 N–H and O–H groups in total. The number of para-hydroxylation sites is 9. The van der Waals surface area contributed by atoms with Gasteiger partial charge < -0.3 is 26.5 Å². The van der Waals surface area contributed by atoms with E-state index in [1.54, 1.807) is 0 Å². The highest BCUT2D eigenvalue weighted by atomic mass is 16.3. The lowest BCUT2D eigenvalue weighted by atomic mass is 9.93. The standard InChI is InChI=1S/2C58H34N2O3/c1-2-13-36(14-3-1)50-34-51(37-29-27-35(28-30-37)41-18-10-21-47-44-15-4-7-24-52(44)61-55(41)47)60-58(59-50)40-32-38(42-19-11-22-48-45-16-5-8-25-53(45)62-56(42)48)31-39(33-40)43-20-12-23-49-46-17-6-9-26-54(46)63-57(43)49;1-2-10-36(11-3-1)50-34-51(37-20-18-35(19-21-37)38-22-25-55-47(31-38)44-12-4-7-15-52(44)61-55)60-58(59-50)43-29-41(39-23-26-56-48(32-39)45-13-5-8-16-53(45)62-56)28-42(30-43)40-24-27-57-49(33-40)46-14-6-9-17-54(46)63-57/h2*1-34H. The molecule has 0 saturated heterocycles. The first-order valence-electron chi connectivity index (χ1n) is 42.2. The topological polar surface area (TPSA) is 130 Å². The number of hydrogen-bond donors (Lipinski definition) is 0. The van der Waals surface area contributed by atoms with E-state index in [1.165, 1.54) is 0 Å². The van der Waals surface area contributed by atoms with E-state index in [-0.39, 0.29) is 0 Å². The molecule has 8 heterocycles. The lowest BCUT2D eigenvalue weighted by Gasteiger charge is -2.13. The molecule has 588 valence electrons. The minimum Gasteiger partial charge on any atom is -0.456 e. The van der Waals surface area contributed by atoms with Gasteiger partial charge in [0.1, 0.15) is 67.0 Å². The van der Waals surface area contributed by atoms with Crippen LogP contribution in [-0.4, -0.2) is 19.9 Å². The van der Waals surface area contributed by atoms with E-state index in [0.717, 1.165) is 255 Å². The number of rotatable bonds is 12. The molecule has 26 aromatic rings. The van der Waals surface area contributed by atoms with E-state index < -0.39 is 0 Å². The molecule has 0 amide bonds. The first-order valence-corrected chi connectivity index (χ1v) is 42.2. The summed E-state index contributed by atoms with van der Waals surface area (Å²) in [7, 11) is 0. The molecule has 0 saturated carbocycles. The maximum Gasteiger partial charge on any atom is 0.160 e. The first-order chi connectivity index (χ1) is 62.3. The molecule has 126 heavy (non-hydrogen) atoms. The molecule has 0 aliphatic rings. The van der Waals surface area contributed by atoms with Crippen LogP contribution in [0, 0.1) is 0 Å². The Bertz CT molecular complexity index is 8590. The molecule has 0 atom stereocenters. The lowest BCUT2D eigenvalue weighted by Crippen LogP contribution is -1.97. The zero-order valence-corrected chi connectivity index (χ0v) is 67.5. The summed E-state index contributed by atoms with van der Waals surface area (Å²) in [5, 5.41) is 13.1. The molecular weight excluding hydrogens is 1550 g/mol. The predicted octanol–water partition coefficient (Wildman–Crippen LogP) is 32.4. The minimum absolute atomic E-state index is 0.610. The average Bonchev–Trinajstić information content (AvgIpc) is 1.58. The summed E-state index contributed by atoms with van der Waals surface area (Å²) in [5.41, 5.74) is 32.1. The molecule has 0 radical (unpaired) electrons. The molecule has 0 unspecified atom stereocenters. The highest BCUT2D eigenvalue weighted by Crippen LogP contribution is 2.46. The second kappa shape index (κ2) is 29.4. The third-order valence-corrected chi connectivity index (χ3v) is 24.6. The van der Waals surface area contributed by atoms with Crippen molar-refractivity contribution in [3.63, 3.8) is 0 Å². The third kappa shape index (κ3) is 12.5. The van der Waals surface area contributed by atoms with Gasteiger partial charge in [0, 0.05) is 115 Å². The number of hydrogen-bond acceptors (Lipinski definition) is 10. The van der Waals surface area contributed by atoms with E-state index in [0.29, 0.717) is 11.6 Å². The van der Waals surface area contributed by atoms with Gasteiger partial charge in [-0.2, -0.15) is 0 Å². The molecule has 26 rings (SSSR count). The Labute approximate surface area is 720 Å². The van der Waals surface area contributed by atoms with Crippen molar-refractivity contribution in [2.45, 2.75) is 0 Å². The highest BCUT2D eigenvalue weighted by molar-refractivity contribution is 6.14. The SMILES string of the molecule is c1ccc(-c2cc(-c3ccc(-c4ccc5oc6ccccc6c5c4)cc3)nc(-c3cc(-c4ccc5oc6ccccc6c5c4)cc(-c4ccc5oc6ccccc6c5c4)c3)n2)cc1.c1ccc(-c2cc(-c3ccc(-c4cccc5c4oc4ccccc45)cc3)nc(-c3cc(-c4cccc5c4oc4ccccc45)cc(-c4cccc5c4oc4ccccc45)c3)n2)cc1. The molecule has 0 bridgehead atoms. The molecule has 0 fully saturated rings. The third-order valence-electron chi connectivity index (χ3n) is 24.6. The Morgan fingerprint density at radius 3 is 0.722 bits per heavy atom. The Balaban J connectivity index is 0.000000137. The summed E-state index contributed by atoms with van der Waals surface area (Å²) < 4.78 is 38.2. The van der Waals surface area contributed by atoms with Gasteiger partial charge in [-0.05, 0) is 171 Å². The maximum atomic E-state index is 6.62. The average molecular weight is 1610 g/mol. The van der Waals surface area contributed by atoms with Gasteiger partial charge in [0.25, 0.3) is 0 Å². The molecule has 0 spiro atoms. The van der Waals surface area contributed by atoms with E-state index in [2.05, 4.69) is 315 Å². The number of aromatic nitrogens is 4. The normalized spacial score (nSPS) is 11.8. The number of benzene rings is 18. The summed E-state index contributed by atoms with van der Waals surface area (Å²) in [6.45, 7) is 0. The molecule has 0 aliphatic heterocycles. The first kappa shape index (κ1) is 71.8. The van der Waals surface area contributed by atoms with E-state index >= 15 is 0 Å².